The van der Waals surface area contributed by atoms with Crippen LogP contribution in [0, 0.1) is 5.92 Å². The number of phenolic OH excluding ortho intramolecular Hbond substituents is 1. The van der Waals surface area contributed by atoms with Crippen molar-refractivity contribution in [2.75, 3.05) is 6.61 Å². The minimum Gasteiger partial charge on any atom is -0.507 e. The van der Waals surface area contributed by atoms with Gasteiger partial charge in [0.15, 0.2) is 5.52 Å². The number of nitrogens with zero attached hydrogens (tertiary/aromatic N) is 3. The Bertz CT molecular complexity index is 1540. The molecule has 42 heavy (non-hydrogen) atoms. The van der Waals surface area contributed by atoms with Crippen LogP contribution >= 0.6 is 0 Å². The highest BCUT2D eigenvalue weighted by atomic mass is 16.7. The normalized spacial score (nSPS) is 22.2. The van der Waals surface area contributed by atoms with Crippen LogP contribution in [0.25, 0.3) is 11.2 Å². The van der Waals surface area contributed by atoms with E-state index in [2.05, 4.69) is 41.5 Å². The number of carbonyl (C=O) groups excluding carboxylic acids is 1. The summed E-state index contributed by atoms with van der Waals surface area (Å²) in [7, 11) is 0. The second-order valence-corrected chi connectivity index (χ2v) is 11.5. The average molecular weight is 577 g/mol. The van der Waals surface area contributed by atoms with E-state index in [9.17, 15) is 14.7 Å². The fourth-order valence-corrected chi connectivity index (χ4v) is 6.10. The van der Waals surface area contributed by atoms with Gasteiger partial charge in [0.1, 0.15) is 30.0 Å². The molecule has 2 aliphatic rings. The molecule has 0 spiro atoms. The average Bonchev–Trinajstić information content (AvgIpc) is 3.60. The van der Waals surface area contributed by atoms with Gasteiger partial charge in [0, 0.05) is 11.5 Å². The molecule has 1 aliphatic heterocycles. The van der Waals surface area contributed by atoms with E-state index in [1.54, 1.807) is 17.0 Å². The Morgan fingerprint density at radius 3 is 2.86 bits per heavy atom. The van der Waals surface area contributed by atoms with E-state index in [0.29, 0.717) is 29.8 Å². The summed E-state index contributed by atoms with van der Waals surface area (Å²) in [6.07, 6.45) is 10.6. The fourth-order valence-electron chi connectivity index (χ4n) is 6.10. The number of benzene rings is 1. The van der Waals surface area contributed by atoms with E-state index in [1.807, 2.05) is 13.0 Å². The van der Waals surface area contributed by atoms with Crippen molar-refractivity contribution >= 4 is 17.3 Å². The minimum atomic E-state index is -0.847. The molecule has 0 amide bonds. The van der Waals surface area contributed by atoms with Gasteiger partial charge >= 0.3 is 11.7 Å². The van der Waals surface area contributed by atoms with Crippen LogP contribution in [-0.2, 0) is 15.9 Å². The molecule has 0 radical (unpaired) electrons. The number of aromatic amines is 1. The predicted octanol–water partition coefficient (Wildman–Crippen LogP) is 6.47. The van der Waals surface area contributed by atoms with Gasteiger partial charge in [-0.2, -0.15) is 4.98 Å². The third-order valence-corrected chi connectivity index (χ3v) is 8.32. The van der Waals surface area contributed by atoms with Gasteiger partial charge in [-0.15, -0.1) is 0 Å². The molecule has 10 nitrogen and oxygen atoms in total. The smallest absolute Gasteiger partial charge is 0.507 e. The Kier molecular flexibility index (Phi) is 9.11. The summed E-state index contributed by atoms with van der Waals surface area (Å²) in [5.74, 6) is 0.408. The number of nitrogens with one attached hydrogen (secondary N) is 1. The second kappa shape index (κ2) is 12.9. The minimum absolute atomic E-state index is 0.00831. The van der Waals surface area contributed by atoms with Gasteiger partial charge in [-0.1, -0.05) is 43.6 Å². The molecule has 1 aromatic carbocycles. The number of fused-ring (bicyclic) bond motifs is 1. The molecule has 1 aliphatic carbocycles. The Morgan fingerprint density at radius 2 is 2.07 bits per heavy atom. The molecule has 10 heteroatoms. The Balaban J connectivity index is 1.30. The maximum absolute atomic E-state index is 13.0. The molecule has 2 aromatic heterocycles. The number of hydrogen-bond acceptors (Lipinski definition) is 8. The van der Waals surface area contributed by atoms with Crippen molar-refractivity contribution in [3.05, 3.63) is 70.1 Å². The van der Waals surface area contributed by atoms with Gasteiger partial charge in [-0.05, 0) is 76.0 Å². The van der Waals surface area contributed by atoms with Gasteiger partial charge < -0.3 is 24.3 Å². The molecular formula is C32H40N4O6. The lowest BCUT2D eigenvalue weighted by atomic mass is 9.73. The molecule has 0 bridgehead atoms. The van der Waals surface area contributed by atoms with Crippen molar-refractivity contribution in [1.29, 1.82) is 0 Å². The van der Waals surface area contributed by atoms with Gasteiger partial charge in [-0.3, -0.25) is 9.36 Å². The van der Waals surface area contributed by atoms with E-state index in [1.165, 1.54) is 11.9 Å². The Morgan fingerprint density at radius 1 is 1.24 bits per heavy atom. The topological polar surface area (TPSA) is 129 Å². The van der Waals surface area contributed by atoms with Gasteiger partial charge in [0.2, 0.25) is 0 Å². The van der Waals surface area contributed by atoms with Crippen molar-refractivity contribution in [3.63, 3.8) is 0 Å². The molecule has 3 heterocycles. The largest absolute Gasteiger partial charge is 0.513 e. The summed E-state index contributed by atoms with van der Waals surface area (Å²) in [5.41, 5.74) is 4.14. The van der Waals surface area contributed by atoms with E-state index in [-0.39, 0.29) is 42.0 Å². The molecule has 4 atom stereocenters. The fraction of sp³-hybridized carbons (Fsp3) is 0.500. The molecule has 2 unspecified atom stereocenters. The molecular weight excluding hydrogens is 536 g/mol. The maximum atomic E-state index is 13.0. The number of aromatic hydroxyl groups is 1. The number of hydrogen-bond donors (Lipinski definition) is 2. The van der Waals surface area contributed by atoms with E-state index < -0.39 is 11.7 Å². The summed E-state index contributed by atoms with van der Waals surface area (Å²) in [6.45, 7) is 10.4. The van der Waals surface area contributed by atoms with Crippen LogP contribution in [0.15, 0.2) is 53.4 Å². The van der Waals surface area contributed by atoms with Crippen LogP contribution < -0.4 is 10.3 Å². The highest BCUT2D eigenvalue weighted by Gasteiger charge is 2.33. The molecule has 2 N–H and O–H groups in total. The number of imidazole rings is 1. The van der Waals surface area contributed by atoms with Gasteiger partial charge in [0.05, 0.1) is 18.8 Å². The SMILES string of the molecule is C=C(C)C1CCC(C)=CC1c1c(O)cc(CCCCC)cc1OC(=O)OC[C@@H]1CC[C@H](n2cnc3c(=O)nc[nH]c32)O1. The van der Waals surface area contributed by atoms with Crippen molar-refractivity contribution in [2.24, 2.45) is 5.92 Å². The number of allylic oxidation sites excluding steroid dienone is 3. The lowest BCUT2D eigenvalue weighted by Gasteiger charge is -2.32. The number of carbonyl (C=O) groups is 1. The summed E-state index contributed by atoms with van der Waals surface area (Å²) in [4.78, 5) is 35.8. The number of aryl methyl sites for hydroxylation is 1. The number of H-pyrrole nitrogens is 1. The molecule has 3 aromatic rings. The number of aromatic nitrogens is 4. The number of rotatable bonds is 10. The van der Waals surface area contributed by atoms with Crippen LogP contribution in [0.3, 0.4) is 0 Å². The van der Waals surface area contributed by atoms with Crippen LogP contribution in [0.4, 0.5) is 4.79 Å². The van der Waals surface area contributed by atoms with E-state index >= 15 is 0 Å². The predicted molar refractivity (Wildman–Crippen MR) is 159 cm³/mol. The molecule has 1 saturated heterocycles. The first-order chi connectivity index (χ1) is 20.2. The van der Waals surface area contributed by atoms with Crippen LogP contribution in [0.2, 0.25) is 0 Å². The molecule has 5 rings (SSSR count). The van der Waals surface area contributed by atoms with Crippen molar-refractivity contribution in [2.45, 2.75) is 90.4 Å². The zero-order valence-electron chi connectivity index (χ0n) is 24.6. The summed E-state index contributed by atoms with van der Waals surface area (Å²) < 4.78 is 19.2. The molecule has 1 fully saturated rings. The monoisotopic (exact) mass is 576 g/mol. The van der Waals surface area contributed by atoms with Crippen LogP contribution in [0.1, 0.15) is 89.0 Å². The summed E-state index contributed by atoms with van der Waals surface area (Å²) in [5, 5.41) is 11.2. The quantitative estimate of drug-likeness (QED) is 0.122. The van der Waals surface area contributed by atoms with Gasteiger partial charge in [-0.25, -0.2) is 9.78 Å². The molecule has 0 saturated carbocycles. The van der Waals surface area contributed by atoms with Crippen molar-refractivity contribution in [1.82, 2.24) is 19.5 Å². The lowest BCUT2D eigenvalue weighted by molar-refractivity contribution is -0.0305. The van der Waals surface area contributed by atoms with Crippen molar-refractivity contribution in [3.8, 4) is 11.5 Å². The second-order valence-electron chi connectivity index (χ2n) is 11.5. The van der Waals surface area contributed by atoms with Crippen molar-refractivity contribution < 1.29 is 24.1 Å². The number of unbranched alkanes of at least 4 members (excludes halogenated alkanes) is 2. The third-order valence-electron chi connectivity index (χ3n) is 8.32. The Hall–Kier alpha value is -3.92. The third kappa shape index (κ3) is 6.43. The first-order valence-electron chi connectivity index (χ1n) is 14.8. The first kappa shape index (κ1) is 29.6. The van der Waals surface area contributed by atoms with E-state index in [4.69, 9.17) is 14.2 Å². The lowest BCUT2D eigenvalue weighted by Crippen LogP contribution is -2.22. The number of ether oxygens (including phenoxy) is 3. The highest BCUT2D eigenvalue weighted by Crippen LogP contribution is 2.47. The zero-order chi connectivity index (χ0) is 29.8. The van der Waals surface area contributed by atoms with Crippen LogP contribution in [0.5, 0.6) is 11.5 Å². The van der Waals surface area contributed by atoms with Gasteiger partial charge in [0.25, 0.3) is 0 Å². The Labute approximate surface area is 245 Å². The molecule has 224 valence electrons. The standard InChI is InChI=1S/C32H40N4O6/c1-5-6-7-8-21-14-25(37)28(24-13-20(4)9-11-23(24)19(2)3)26(15-21)42-32(39)40-16-22-10-12-27(41-22)36-18-35-29-30(36)33-17-34-31(29)38/h13-15,17-18,22-24,27,37H,2,5-12,16H2,1,3-4H3,(H,33,34,38)/t22-,23?,24?,27+/m0/s1. The van der Waals surface area contributed by atoms with E-state index in [0.717, 1.165) is 49.7 Å². The first-order valence-corrected chi connectivity index (χ1v) is 14.8. The maximum Gasteiger partial charge on any atom is 0.513 e. The highest BCUT2D eigenvalue weighted by molar-refractivity contribution is 5.69. The van der Waals surface area contributed by atoms with Crippen LogP contribution in [-0.4, -0.2) is 43.5 Å². The summed E-state index contributed by atoms with van der Waals surface area (Å²) in [6, 6.07) is 3.66. The zero-order valence-corrected chi connectivity index (χ0v) is 24.6. The summed E-state index contributed by atoms with van der Waals surface area (Å²) >= 11 is 0. The number of phenols is 1.